The maximum atomic E-state index is 13.7. The van der Waals surface area contributed by atoms with E-state index in [2.05, 4.69) is 0 Å². The predicted octanol–water partition coefficient (Wildman–Crippen LogP) is 4.26. The lowest BCUT2D eigenvalue weighted by Crippen LogP contribution is -2.49. The number of likely N-dealkylation sites (N-methyl/N-ethyl adjacent to an activating group) is 1. The van der Waals surface area contributed by atoms with Crippen molar-refractivity contribution in [2.45, 2.75) is 44.4 Å². The highest BCUT2D eigenvalue weighted by atomic mass is 32.2. The summed E-state index contributed by atoms with van der Waals surface area (Å²) in [6, 6.07) is 19.4. The summed E-state index contributed by atoms with van der Waals surface area (Å²) in [7, 11) is -2.00. The molecule has 1 aliphatic heterocycles. The largest absolute Gasteiger partial charge is 0.487 e. The van der Waals surface area contributed by atoms with Crippen LogP contribution in [-0.2, 0) is 16.6 Å². The molecule has 0 unspecified atom stereocenters. The highest BCUT2D eigenvalue weighted by Crippen LogP contribution is 2.36. The Labute approximate surface area is 230 Å². The first kappa shape index (κ1) is 28.8. The van der Waals surface area contributed by atoms with Crippen molar-refractivity contribution in [2.24, 2.45) is 5.92 Å². The summed E-state index contributed by atoms with van der Waals surface area (Å²) in [6.45, 7) is 6.53. The first-order valence-corrected chi connectivity index (χ1v) is 14.4. The lowest BCUT2D eigenvalue weighted by molar-refractivity contribution is 0.0694. The number of carbonyl (C=O) groups is 1. The van der Waals surface area contributed by atoms with E-state index in [1.54, 1.807) is 43.3 Å². The minimum Gasteiger partial charge on any atom is -0.487 e. The fourth-order valence-electron chi connectivity index (χ4n) is 4.86. The molecule has 39 heavy (non-hydrogen) atoms. The molecule has 8 nitrogen and oxygen atoms in total. The molecule has 0 aromatic heterocycles. The van der Waals surface area contributed by atoms with Crippen molar-refractivity contribution in [1.82, 2.24) is 9.21 Å². The van der Waals surface area contributed by atoms with Crippen LogP contribution in [0, 0.1) is 12.8 Å². The van der Waals surface area contributed by atoms with Gasteiger partial charge >= 0.3 is 5.97 Å². The topological polar surface area (TPSA) is 107 Å². The number of sulfonamides is 1. The molecule has 1 aliphatic rings. The van der Waals surface area contributed by atoms with Crippen LogP contribution in [0.2, 0.25) is 0 Å². The summed E-state index contributed by atoms with van der Waals surface area (Å²) in [5.41, 5.74) is 4.01. The molecule has 3 aromatic rings. The predicted molar refractivity (Wildman–Crippen MR) is 150 cm³/mol. The van der Waals surface area contributed by atoms with Gasteiger partial charge in [-0.25, -0.2) is 13.2 Å². The Morgan fingerprint density at radius 2 is 1.79 bits per heavy atom. The van der Waals surface area contributed by atoms with Crippen molar-refractivity contribution in [1.29, 1.82) is 0 Å². The smallest absolute Gasteiger partial charge is 0.335 e. The monoisotopic (exact) mass is 552 g/mol. The maximum Gasteiger partial charge on any atom is 0.335 e. The minimum atomic E-state index is -3.93. The number of ether oxygens (including phenoxy) is 1. The zero-order valence-corrected chi connectivity index (χ0v) is 23.6. The van der Waals surface area contributed by atoms with Crippen LogP contribution in [-0.4, -0.2) is 72.7 Å². The average molecular weight is 553 g/mol. The molecule has 0 radical (unpaired) electrons. The van der Waals surface area contributed by atoms with Crippen molar-refractivity contribution >= 4 is 16.0 Å². The number of aryl methyl sites for hydroxylation is 1. The van der Waals surface area contributed by atoms with E-state index in [4.69, 9.17) is 4.74 Å². The fraction of sp³-hybridized carbons (Fsp3) is 0.367. The van der Waals surface area contributed by atoms with Crippen LogP contribution in [0.5, 0.6) is 5.75 Å². The molecule has 0 fully saturated rings. The first-order chi connectivity index (χ1) is 18.5. The van der Waals surface area contributed by atoms with E-state index in [0.717, 1.165) is 22.3 Å². The molecule has 3 atom stereocenters. The summed E-state index contributed by atoms with van der Waals surface area (Å²) in [5, 5.41) is 19.2. The quantitative estimate of drug-likeness (QED) is 0.430. The van der Waals surface area contributed by atoms with Gasteiger partial charge in [0.25, 0.3) is 0 Å². The highest BCUT2D eigenvalue weighted by molar-refractivity contribution is 7.89. The van der Waals surface area contributed by atoms with E-state index in [1.165, 1.54) is 4.31 Å². The van der Waals surface area contributed by atoms with E-state index >= 15 is 0 Å². The van der Waals surface area contributed by atoms with E-state index in [9.17, 15) is 23.4 Å². The van der Waals surface area contributed by atoms with Crippen LogP contribution >= 0.6 is 0 Å². The number of fused-ring (bicyclic) bond motifs is 1. The summed E-state index contributed by atoms with van der Waals surface area (Å²) in [6.07, 6.45) is -0.367. The zero-order valence-electron chi connectivity index (χ0n) is 22.7. The summed E-state index contributed by atoms with van der Waals surface area (Å²) >= 11 is 0. The molecule has 0 bridgehead atoms. The van der Waals surface area contributed by atoms with Crippen LogP contribution in [0.4, 0.5) is 0 Å². The van der Waals surface area contributed by atoms with Gasteiger partial charge in [-0.3, -0.25) is 4.90 Å². The van der Waals surface area contributed by atoms with Gasteiger partial charge < -0.3 is 14.9 Å². The molecule has 0 aliphatic carbocycles. The van der Waals surface area contributed by atoms with Crippen LogP contribution < -0.4 is 4.74 Å². The second-order valence-corrected chi connectivity index (χ2v) is 12.3. The van der Waals surface area contributed by atoms with Crippen molar-refractivity contribution in [3.63, 3.8) is 0 Å². The highest BCUT2D eigenvalue weighted by Gasteiger charge is 2.38. The number of rotatable bonds is 8. The molecule has 2 N–H and O–H groups in total. The van der Waals surface area contributed by atoms with Gasteiger partial charge in [0.05, 0.1) is 12.2 Å². The van der Waals surface area contributed by atoms with Gasteiger partial charge in [0, 0.05) is 31.6 Å². The number of hydrogen-bond donors (Lipinski definition) is 2. The lowest BCUT2D eigenvalue weighted by atomic mass is 10.0. The Bertz CT molecular complexity index is 1420. The maximum absolute atomic E-state index is 13.7. The van der Waals surface area contributed by atoms with Crippen LogP contribution in [0.25, 0.3) is 11.1 Å². The number of hydrogen-bond acceptors (Lipinski definition) is 6. The van der Waals surface area contributed by atoms with E-state index < -0.39 is 22.0 Å². The molecular formula is C30H36N2O6S. The van der Waals surface area contributed by atoms with E-state index in [-0.39, 0.29) is 41.4 Å². The number of carboxylic acids is 1. The number of benzene rings is 3. The third kappa shape index (κ3) is 6.50. The van der Waals surface area contributed by atoms with Crippen LogP contribution in [0.1, 0.15) is 35.3 Å². The third-order valence-corrected chi connectivity index (χ3v) is 9.19. The van der Waals surface area contributed by atoms with Gasteiger partial charge in [-0.05, 0) is 61.9 Å². The molecule has 0 saturated carbocycles. The number of carboxylic acid groups (broad SMARTS) is 1. The molecule has 0 saturated heterocycles. The van der Waals surface area contributed by atoms with Gasteiger partial charge in [0.2, 0.25) is 10.0 Å². The van der Waals surface area contributed by atoms with E-state index in [1.807, 2.05) is 56.1 Å². The van der Waals surface area contributed by atoms with Crippen molar-refractivity contribution in [3.8, 4) is 16.9 Å². The SMILES string of the molecule is Cc1ccc(-c2ccc3c(c2)O[C@@H](CN(C)Cc2cccc(C(=O)O)c2)[C@H](C)CN([C@H](C)CO)S3(=O)=O)cc1. The zero-order chi connectivity index (χ0) is 28.3. The minimum absolute atomic E-state index is 0.0763. The van der Waals surface area contributed by atoms with Gasteiger partial charge in [-0.1, -0.05) is 55.0 Å². The molecule has 4 rings (SSSR count). The molecule has 0 spiro atoms. The van der Waals surface area contributed by atoms with Crippen molar-refractivity contribution in [3.05, 3.63) is 83.4 Å². The van der Waals surface area contributed by atoms with Gasteiger partial charge in [0.15, 0.2) is 0 Å². The summed E-state index contributed by atoms with van der Waals surface area (Å²) < 4.78 is 35.4. The Morgan fingerprint density at radius 1 is 1.10 bits per heavy atom. The number of aromatic carboxylic acids is 1. The molecule has 208 valence electrons. The third-order valence-electron chi connectivity index (χ3n) is 7.17. The Morgan fingerprint density at radius 3 is 2.46 bits per heavy atom. The molecule has 3 aromatic carbocycles. The van der Waals surface area contributed by atoms with Gasteiger partial charge in [-0.15, -0.1) is 0 Å². The summed E-state index contributed by atoms with van der Waals surface area (Å²) in [4.78, 5) is 13.5. The second-order valence-electron chi connectivity index (χ2n) is 10.5. The average Bonchev–Trinajstić information content (AvgIpc) is 2.90. The molecule has 1 heterocycles. The molecule has 0 amide bonds. The Kier molecular flexibility index (Phi) is 8.76. The standard InChI is InChI=1S/C30H36N2O6S/c1-20-8-10-24(11-9-20)25-12-13-29-27(15-25)38-28(21(2)16-32(22(3)19-33)39(29,36)37)18-31(4)17-23-6-5-7-26(14-23)30(34)35/h5-15,21-22,28,33H,16-19H2,1-4H3,(H,34,35)/t21-,22-,28+/m1/s1. The van der Waals surface area contributed by atoms with Crippen molar-refractivity contribution < 1.29 is 28.2 Å². The van der Waals surface area contributed by atoms with E-state index in [0.29, 0.717) is 13.1 Å². The van der Waals surface area contributed by atoms with Crippen LogP contribution in [0.15, 0.2) is 71.6 Å². The lowest BCUT2D eigenvalue weighted by Gasteiger charge is -2.37. The Balaban J connectivity index is 1.69. The summed E-state index contributed by atoms with van der Waals surface area (Å²) in [5.74, 6) is -0.893. The molecular weight excluding hydrogens is 516 g/mol. The number of aliphatic hydroxyl groups excluding tert-OH is 1. The Hall–Kier alpha value is -3.24. The second kappa shape index (κ2) is 11.9. The number of nitrogens with zero attached hydrogens (tertiary/aromatic N) is 2. The fourth-order valence-corrected chi connectivity index (χ4v) is 6.68. The molecule has 9 heteroatoms. The normalized spacial score (nSPS) is 19.9. The van der Waals surface area contributed by atoms with Gasteiger partial charge in [-0.2, -0.15) is 4.31 Å². The first-order valence-electron chi connectivity index (χ1n) is 13.0. The van der Waals surface area contributed by atoms with Crippen molar-refractivity contribution in [2.75, 3.05) is 26.7 Å². The number of aliphatic hydroxyl groups is 1. The van der Waals surface area contributed by atoms with Gasteiger partial charge in [0.1, 0.15) is 16.7 Å². The van der Waals surface area contributed by atoms with Crippen LogP contribution in [0.3, 0.4) is 0 Å².